The summed E-state index contributed by atoms with van der Waals surface area (Å²) in [6.45, 7) is 2.12. The molecule has 1 atom stereocenters. The molecule has 1 heterocycles. The number of rotatable bonds is 7. The number of allylic oxidation sites excluding steroid dienone is 1. The van der Waals surface area contributed by atoms with Crippen LogP contribution in [0.2, 0.25) is 0 Å². The Hall–Kier alpha value is -3.48. The van der Waals surface area contributed by atoms with Gasteiger partial charge in [0.25, 0.3) is 0 Å². The summed E-state index contributed by atoms with van der Waals surface area (Å²) >= 11 is 0. The third-order valence-electron chi connectivity index (χ3n) is 5.82. The molecule has 0 spiro atoms. The third kappa shape index (κ3) is 4.88. The smallest absolute Gasteiger partial charge is 0.338 e. The maximum Gasteiger partial charge on any atom is 0.338 e. The lowest BCUT2D eigenvalue weighted by Gasteiger charge is -2.29. The summed E-state index contributed by atoms with van der Waals surface area (Å²) < 4.78 is 17.2. The average Bonchev–Trinajstić information content (AvgIpc) is 3.30. The predicted octanol–water partition coefficient (Wildman–Crippen LogP) is 4.39. The molecule has 0 bridgehead atoms. The molecule has 7 heteroatoms. The van der Waals surface area contributed by atoms with Crippen molar-refractivity contribution in [2.75, 3.05) is 7.11 Å². The second-order valence-electron chi connectivity index (χ2n) is 8.07. The number of esters is 1. The Morgan fingerprint density at radius 1 is 1.06 bits per heavy atom. The maximum atomic E-state index is 13.0. The van der Waals surface area contributed by atoms with Crippen LogP contribution >= 0.6 is 0 Å². The van der Waals surface area contributed by atoms with E-state index in [1.807, 2.05) is 36.4 Å². The summed E-state index contributed by atoms with van der Waals surface area (Å²) in [6, 6.07) is 14.2. The highest BCUT2D eigenvalue weighted by atomic mass is 16.5. The van der Waals surface area contributed by atoms with Crippen molar-refractivity contribution >= 4 is 12.0 Å². The van der Waals surface area contributed by atoms with Crippen molar-refractivity contribution in [2.45, 2.75) is 51.4 Å². The van der Waals surface area contributed by atoms with E-state index in [9.17, 15) is 9.59 Å². The summed E-state index contributed by atoms with van der Waals surface area (Å²) in [5.41, 5.74) is 2.64. The molecular formula is C25H28N2O5. The molecule has 0 radical (unpaired) electrons. The molecule has 2 aromatic carbocycles. The van der Waals surface area contributed by atoms with E-state index in [2.05, 4.69) is 10.6 Å². The molecule has 2 amide bonds. The number of amides is 2. The number of benzene rings is 2. The van der Waals surface area contributed by atoms with Gasteiger partial charge in [0.15, 0.2) is 11.5 Å². The third-order valence-corrected chi connectivity index (χ3v) is 5.82. The quantitative estimate of drug-likeness (QED) is 0.629. The number of hydrogen-bond donors (Lipinski definition) is 2. The number of carbonyl (C=O) groups is 2. The minimum Gasteiger partial charge on any atom is -0.493 e. The number of hydrogen-bond acceptors (Lipinski definition) is 5. The van der Waals surface area contributed by atoms with Gasteiger partial charge in [-0.1, -0.05) is 36.4 Å². The molecule has 1 fully saturated rings. The summed E-state index contributed by atoms with van der Waals surface area (Å²) in [6.07, 6.45) is 3.82. The van der Waals surface area contributed by atoms with Crippen LogP contribution in [-0.2, 0) is 16.1 Å². The van der Waals surface area contributed by atoms with Crippen LogP contribution in [-0.4, -0.2) is 25.2 Å². The minimum atomic E-state index is -0.644. The highest BCUT2D eigenvalue weighted by molar-refractivity contribution is 5.95. The molecule has 1 aliphatic heterocycles. The number of ether oxygens (including phenoxy) is 3. The summed E-state index contributed by atoms with van der Waals surface area (Å²) in [5.74, 6) is 0.693. The van der Waals surface area contributed by atoms with Crippen molar-refractivity contribution in [3.8, 4) is 11.5 Å². The SMILES string of the molecule is COc1cc([C@H]2NC(=O)NC(C)=C2C(=O)OC2CCCC2)ccc1OCc1ccccc1. The van der Waals surface area contributed by atoms with Gasteiger partial charge < -0.3 is 24.8 Å². The Labute approximate surface area is 187 Å². The number of urea groups is 1. The van der Waals surface area contributed by atoms with Gasteiger partial charge in [-0.25, -0.2) is 9.59 Å². The maximum absolute atomic E-state index is 13.0. The first-order valence-electron chi connectivity index (χ1n) is 10.9. The van der Waals surface area contributed by atoms with Crippen molar-refractivity contribution in [1.29, 1.82) is 0 Å². The van der Waals surface area contributed by atoms with Crippen LogP contribution < -0.4 is 20.1 Å². The van der Waals surface area contributed by atoms with E-state index in [1.54, 1.807) is 26.2 Å². The molecule has 2 N–H and O–H groups in total. The van der Waals surface area contributed by atoms with Crippen molar-refractivity contribution in [2.24, 2.45) is 0 Å². The Bertz CT molecular complexity index is 1010. The molecule has 32 heavy (non-hydrogen) atoms. The van der Waals surface area contributed by atoms with E-state index < -0.39 is 12.0 Å². The predicted molar refractivity (Wildman–Crippen MR) is 119 cm³/mol. The number of methoxy groups -OCH3 is 1. The van der Waals surface area contributed by atoms with Crippen molar-refractivity contribution in [1.82, 2.24) is 10.6 Å². The molecule has 2 aliphatic rings. The van der Waals surface area contributed by atoms with E-state index in [-0.39, 0.29) is 12.1 Å². The van der Waals surface area contributed by atoms with E-state index in [0.717, 1.165) is 31.2 Å². The zero-order valence-electron chi connectivity index (χ0n) is 18.4. The van der Waals surface area contributed by atoms with Gasteiger partial charge in [-0.15, -0.1) is 0 Å². The standard InChI is InChI=1S/C25H28N2O5/c1-16-22(24(28)32-19-10-6-7-11-19)23(27-25(29)26-16)18-12-13-20(21(14-18)30-2)31-15-17-8-4-3-5-9-17/h3-5,8-9,12-14,19,23H,6-7,10-11,15H2,1-2H3,(H2,26,27,29)/t23-/m1/s1. The second-order valence-corrected chi connectivity index (χ2v) is 8.07. The van der Waals surface area contributed by atoms with Gasteiger partial charge in [0.05, 0.1) is 18.7 Å². The first-order chi connectivity index (χ1) is 15.5. The van der Waals surface area contributed by atoms with Crippen LogP contribution in [0.5, 0.6) is 11.5 Å². The number of nitrogens with one attached hydrogen (secondary N) is 2. The molecule has 0 aromatic heterocycles. The fourth-order valence-electron chi connectivity index (χ4n) is 4.15. The van der Waals surface area contributed by atoms with Crippen LogP contribution in [0, 0.1) is 0 Å². The molecule has 0 unspecified atom stereocenters. The lowest BCUT2D eigenvalue weighted by Crippen LogP contribution is -2.45. The van der Waals surface area contributed by atoms with Gasteiger partial charge in [-0.2, -0.15) is 0 Å². The Morgan fingerprint density at radius 3 is 2.53 bits per heavy atom. The van der Waals surface area contributed by atoms with Gasteiger partial charge in [-0.3, -0.25) is 0 Å². The second kappa shape index (κ2) is 9.77. The highest BCUT2D eigenvalue weighted by Crippen LogP contribution is 2.35. The molecule has 1 saturated carbocycles. The fraction of sp³-hybridized carbons (Fsp3) is 0.360. The number of carbonyl (C=O) groups excluding carboxylic acids is 2. The molecule has 4 rings (SSSR count). The van der Waals surface area contributed by atoms with Crippen molar-refractivity contribution < 1.29 is 23.8 Å². The van der Waals surface area contributed by atoms with Crippen molar-refractivity contribution in [3.63, 3.8) is 0 Å². The Balaban J connectivity index is 1.57. The fourth-order valence-corrected chi connectivity index (χ4v) is 4.15. The average molecular weight is 437 g/mol. The van der Waals surface area contributed by atoms with Crippen LogP contribution in [0.4, 0.5) is 4.79 Å². The first kappa shape index (κ1) is 21.7. The van der Waals surface area contributed by atoms with Crippen molar-refractivity contribution in [3.05, 3.63) is 70.9 Å². The summed E-state index contributed by atoms with van der Waals surface area (Å²) in [7, 11) is 1.56. The highest BCUT2D eigenvalue weighted by Gasteiger charge is 2.34. The largest absolute Gasteiger partial charge is 0.493 e. The zero-order valence-corrected chi connectivity index (χ0v) is 18.4. The van der Waals surface area contributed by atoms with E-state index >= 15 is 0 Å². The van der Waals surface area contributed by atoms with Gasteiger partial charge in [0, 0.05) is 5.70 Å². The molecular weight excluding hydrogens is 408 g/mol. The van der Waals surface area contributed by atoms with Gasteiger partial charge in [0.2, 0.25) is 0 Å². The normalized spacial score (nSPS) is 18.7. The van der Waals surface area contributed by atoms with Gasteiger partial charge in [-0.05, 0) is 55.9 Å². The summed E-state index contributed by atoms with van der Waals surface area (Å²) in [4.78, 5) is 25.2. The molecule has 1 aliphatic carbocycles. The summed E-state index contributed by atoms with van der Waals surface area (Å²) in [5, 5.41) is 5.53. The Morgan fingerprint density at radius 2 is 1.81 bits per heavy atom. The van der Waals surface area contributed by atoms with Crippen LogP contribution in [0.3, 0.4) is 0 Å². The lowest BCUT2D eigenvalue weighted by atomic mass is 9.95. The molecule has 168 valence electrons. The first-order valence-corrected chi connectivity index (χ1v) is 10.9. The molecule has 2 aromatic rings. The topological polar surface area (TPSA) is 85.9 Å². The van der Waals surface area contributed by atoms with E-state index in [1.165, 1.54) is 0 Å². The minimum absolute atomic E-state index is 0.0654. The van der Waals surface area contributed by atoms with E-state index in [4.69, 9.17) is 14.2 Å². The zero-order chi connectivity index (χ0) is 22.5. The van der Waals surface area contributed by atoms with Crippen LogP contribution in [0.1, 0.15) is 49.8 Å². The van der Waals surface area contributed by atoms with Gasteiger partial charge in [0.1, 0.15) is 12.7 Å². The van der Waals surface area contributed by atoms with E-state index in [0.29, 0.717) is 34.9 Å². The molecule has 7 nitrogen and oxygen atoms in total. The lowest BCUT2D eigenvalue weighted by molar-refractivity contribution is -0.144. The van der Waals surface area contributed by atoms with Gasteiger partial charge >= 0.3 is 12.0 Å². The molecule has 0 saturated heterocycles. The monoisotopic (exact) mass is 436 g/mol. The van der Waals surface area contributed by atoms with Crippen LogP contribution in [0.25, 0.3) is 0 Å². The van der Waals surface area contributed by atoms with Crippen LogP contribution in [0.15, 0.2) is 59.8 Å². The Kier molecular flexibility index (Phi) is 6.63.